The first-order valence-corrected chi connectivity index (χ1v) is 11.6. The second kappa shape index (κ2) is 14.1. The molecule has 1 saturated heterocycles. The van der Waals surface area contributed by atoms with Gasteiger partial charge in [0.25, 0.3) is 0 Å². The number of nitrogens with one attached hydrogen (secondary N) is 2. The fourth-order valence-electron chi connectivity index (χ4n) is 3.64. The van der Waals surface area contributed by atoms with Crippen molar-refractivity contribution in [3.05, 3.63) is 0 Å². The zero-order chi connectivity index (χ0) is 26.7. The van der Waals surface area contributed by atoms with Gasteiger partial charge in [-0.1, -0.05) is 13.8 Å². The minimum atomic E-state index is -1.28. The number of carboxylic acids is 1. The summed E-state index contributed by atoms with van der Waals surface area (Å²) >= 11 is 0. The van der Waals surface area contributed by atoms with Crippen molar-refractivity contribution in [2.24, 2.45) is 33.8 Å². The molecule has 35 heavy (non-hydrogen) atoms. The quantitative estimate of drug-likeness (QED) is 0.0748. The predicted molar refractivity (Wildman–Crippen MR) is 127 cm³/mol. The van der Waals surface area contributed by atoms with Crippen LogP contribution in [0, 0.1) is 5.92 Å². The lowest BCUT2D eigenvalue weighted by Crippen LogP contribution is -2.57. The first-order valence-electron chi connectivity index (χ1n) is 11.6. The average molecular weight is 499 g/mol. The summed E-state index contributed by atoms with van der Waals surface area (Å²) in [4.78, 5) is 66.6. The van der Waals surface area contributed by atoms with Gasteiger partial charge >= 0.3 is 5.97 Å². The summed E-state index contributed by atoms with van der Waals surface area (Å²) in [6.07, 6.45) is 0.930. The summed E-state index contributed by atoms with van der Waals surface area (Å²) in [5, 5.41) is 14.4. The number of hydrogen-bond acceptors (Lipinski definition) is 7. The van der Waals surface area contributed by atoms with Crippen LogP contribution in [0.15, 0.2) is 4.99 Å². The summed E-state index contributed by atoms with van der Waals surface area (Å²) < 4.78 is 0. The molecule has 0 aliphatic carbocycles. The molecule has 14 heteroatoms. The van der Waals surface area contributed by atoms with E-state index in [0.29, 0.717) is 19.4 Å². The standard InChI is InChI=1S/C21H38N8O6/c1-11(2)16(23)19(33)29-10-4-6-14(29)18(32)27-12(7-8-15(22)30)17(31)28-13(20(34)35)5-3-9-26-21(24)25/h11-14,16H,3-10,23H2,1-2H3,(H2,22,30)(H,27,32)(H,28,31)(H,34,35)(H4,24,25,26). The molecule has 0 aromatic heterocycles. The largest absolute Gasteiger partial charge is 0.480 e. The van der Waals surface area contributed by atoms with Gasteiger partial charge in [0.05, 0.1) is 6.04 Å². The van der Waals surface area contributed by atoms with Gasteiger partial charge in [0.1, 0.15) is 18.1 Å². The highest BCUT2D eigenvalue weighted by atomic mass is 16.4. The van der Waals surface area contributed by atoms with Crippen molar-refractivity contribution in [3.8, 4) is 0 Å². The van der Waals surface area contributed by atoms with Crippen LogP contribution >= 0.6 is 0 Å². The Morgan fingerprint density at radius 2 is 1.71 bits per heavy atom. The van der Waals surface area contributed by atoms with Crippen LogP contribution in [0.2, 0.25) is 0 Å². The van der Waals surface area contributed by atoms with Gasteiger partial charge in [-0.2, -0.15) is 0 Å². The molecule has 4 unspecified atom stereocenters. The molecule has 14 nitrogen and oxygen atoms in total. The van der Waals surface area contributed by atoms with E-state index in [9.17, 15) is 29.1 Å². The third kappa shape index (κ3) is 9.76. The number of rotatable bonds is 14. The number of likely N-dealkylation sites (tertiary alicyclic amines) is 1. The Balaban J connectivity index is 2.91. The number of guanidine groups is 1. The highest BCUT2D eigenvalue weighted by Crippen LogP contribution is 2.20. The Hall–Kier alpha value is -3.42. The SMILES string of the molecule is CC(C)C(N)C(=O)N1CCCC1C(=O)NC(CCC(N)=O)C(=O)NC(CCCN=C(N)N)C(=O)O. The maximum absolute atomic E-state index is 13.0. The lowest BCUT2D eigenvalue weighted by molar-refractivity contribution is -0.143. The lowest BCUT2D eigenvalue weighted by atomic mass is 10.0. The van der Waals surface area contributed by atoms with Gasteiger partial charge < -0.3 is 43.6 Å². The summed E-state index contributed by atoms with van der Waals surface area (Å²) in [5.74, 6) is -3.96. The number of aliphatic carboxylic acids is 1. The molecule has 1 rings (SSSR count). The average Bonchev–Trinajstić information content (AvgIpc) is 3.26. The molecular formula is C21H38N8O6. The van der Waals surface area contributed by atoms with Crippen LogP contribution in [-0.4, -0.2) is 82.8 Å². The highest BCUT2D eigenvalue weighted by Gasteiger charge is 2.38. The molecule has 0 aromatic rings. The summed E-state index contributed by atoms with van der Waals surface area (Å²) in [6.45, 7) is 4.13. The Morgan fingerprint density at radius 1 is 1.06 bits per heavy atom. The molecule has 11 N–H and O–H groups in total. The van der Waals surface area contributed by atoms with Crippen molar-refractivity contribution >= 4 is 35.6 Å². The second-order valence-corrected chi connectivity index (χ2v) is 8.87. The minimum absolute atomic E-state index is 0.0341. The van der Waals surface area contributed by atoms with E-state index in [1.165, 1.54) is 4.90 Å². The van der Waals surface area contributed by atoms with Crippen molar-refractivity contribution in [1.82, 2.24) is 15.5 Å². The van der Waals surface area contributed by atoms with Gasteiger partial charge in [0.2, 0.25) is 23.6 Å². The minimum Gasteiger partial charge on any atom is -0.480 e. The van der Waals surface area contributed by atoms with Crippen LogP contribution in [0.25, 0.3) is 0 Å². The Morgan fingerprint density at radius 3 is 2.26 bits per heavy atom. The van der Waals surface area contributed by atoms with Gasteiger partial charge in [-0.3, -0.25) is 24.2 Å². The van der Waals surface area contributed by atoms with Gasteiger partial charge in [-0.15, -0.1) is 0 Å². The second-order valence-electron chi connectivity index (χ2n) is 8.87. The summed E-state index contributed by atoms with van der Waals surface area (Å²) in [7, 11) is 0. The van der Waals surface area contributed by atoms with Gasteiger partial charge in [0.15, 0.2) is 5.96 Å². The molecular weight excluding hydrogens is 460 g/mol. The summed E-state index contributed by atoms with van der Waals surface area (Å²) in [6, 6.07) is -4.09. The predicted octanol–water partition coefficient (Wildman–Crippen LogP) is -2.67. The number of nitrogens with zero attached hydrogens (tertiary/aromatic N) is 2. The van der Waals surface area contributed by atoms with Crippen LogP contribution in [-0.2, 0) is 24.0 Å². The number of carboxylic acid groups (broad SMARTS) is 1. The molecule has 0 spiro atoms. The van der Waals surface area contributed by atoms with E-state index in [4.69, 9.17) is 22.9 Å². The van der Waals surface area contributed by atoms with E-state index in [0.717, 1.165) is 0 Å². The van der Waals surface area contributed by atoms with E-state index in [1.54, 1.807) is 13.8 Å². The molecule has 1 aliphatic rings. The fourth-order valence-corrected chi connectivity index (χ4v) is 3.64. The molecule has 4 amide bonds. The van der Waals surface area contributed by atoms with Gasteiger partial charge in [-0.25, -0.2) is 4.79 Å². The first kappa shape index (κ1) is 29.6. The van der Waals surface area contributed by atoms with E-state index in [-0.39, 0.29) is 50.0 Å². The number of carbonyl (C=O) groups excluding carboxylic acids is 4. The van der Waals surface area contributed by atoms with Crippen molar-refractivity contribution < 1.29 is 29.1 Å². The maximum Gasteiger partial charge on any atom is 0.326 e. The Labute approximate surface area is 204 Å². The number of nitrogens with two attached hydrogens (primary N) is 4. The monoisotopic (exact) mass is 498 g/mol. The molecule has 198 valence electrons. The molecule has 0 radical (unpaired) electrons. The van der Waals surface area contributed by atoms with E-state index >= 15 is 0 Å². The molecule has 0 aromatic carbocycles. The topological polar surface area (TPSA) is 249 Å². The Bertz CT molecular complexity index is 814. The van der Waals surface area contributed by atoms with Crippen molar-refractivity contribution in [1.29, 1.82) is 0 Å². The van der Waals surface area contributed by atoms with Crippen LogP contribution in [0.3, 0.4) is 0 Å². The third-order valence-electron chi connectivity index (χ3n) is 5.71. The van der Waals surface area contributed by atoms with Crippen LogP contribution in [0.5, 0.6) is 0 Å². The summed E-state index contributed by atoms with van der Waals surface area (Å²) in [5.41, 5.74) is 21.6. The van der Waals surface area contributed by atoms with Crippen molar-refractivity contribution in [2.75, 3.05) is 13.1 Å². The molecule has 1 fully saturated rings. The van der Waals surface area contributed by atoms with Crippen LogP contribution in [0.4, 0.5) is 0 Å². The zero-order valence-electron chi connectivity index (χ0n) is 20.2. The molecule has 1 aliphatic heterocycles. The fraction of sp³-hybridized carbons (Fsp3) is 0.714. The Kier molecular flexibility index (Phi) is 11.9. The lowest BCUT2D eigenvalue weighted by Gasteiger charge is -2.29. The van der Waals surface area contributed by atoms with Crippen molar-refractivity contribution in [2.45, 2.75) is 76.5 Å². The van der Waals surface area contributed by atoms with Gasteiger partial charge in [0, 0.05) is 19.5 Å². The van der Waals surface area contributed by atoms with Gasteiger partial charge in [-0.05, 0) is 38.0 Å². The smallest absolute Gasteiger partial charge is 0.326 e. The van der Waals surface area contributed by atoms with E-state index in [2.05, 4.69) is 15.6 Å². The number of amides is 4. The number of carbonyl (C=O) groups is 5. The number of aliphatic imine (C=N–C) groups is 1. The number of primary amides is 1. The zero-order valence-corrected chi connectivity index (χ0v) is 20.2. The van der Waals surface area contributed by atoms with Crippen molar-refractivity contribution in [3.63, 3.8) is 0 Å². The molecule has 0 saturated carbocycles. The molecule has 4 atom stereocenters. The molecule has 1 heterocycles. The first-order chi connectivity index (χ1) is 16.3. The van der Waals surface area contributed by atoms with E-state index in [1.807, 2.05) is 0 Å². The van der Waals surface area contributed by atoms with E-state index < -0.39 is 47.9 Å². The van der Waals surface area contributed by atoms with Crippen LogP contribution in [0.1, 0.15) is 52.4 Å². The van der Waals surface area contributed by atoms with Crippen LogP contribution < -0.4 is 33.6 Å². The number of hydrogen-bond donors (Lipinski definition) is 7. The molecule has 0 bridgehead atoms. The highest BCUT2D eigenvalue weighted by molar-refractivity contribution is 5.94. The third-order valence-corrected chi connectivity index (χ3v) is 5.71. The normalized spacial score (nSPS) is 17.8. The maximum atomic E-state index is 13.0.